The molecule has 2 heterocycles. The average molecular weight is 531 g/mol. The lowest BCUT2D eigenvalue weighted by atomic mass is 10.00. The van der Waals surface area contributed by atoms with Gasteiger partial charge in [0, 0.05) is 5.41 Å². The van der Waals surface area contributed by atoms with Gasteiger partial charge >= 0.3 is 5.97 Å². The van der Waals surface area contributed by atoms with E-state index in [0.29, 0.717) is 11.5 Å². The number of benzene rings is 3. The van der Waals surface area contributed by atoms with Crippen LogP contribution in [-0.4, -0.2) is 53.9 Å². The lowest BCUT2D eigenvalue weighted by Gasteiger charge is -2.51. The molecule has 1 fully saturated rings. The largest absolute Gasteiger partial charge is 0.498 e. The van der Waals surface area contributed by atoms with Crippen LogP contribution < -0.4 is 10.1 Å². The summed E-state index contributed by atoms with van der Waals surface area (Å²) in [6.07, 6.45) is -0.668. The Morgan fingerprint density at radius 2 is 1.50 bits per heavy atom. The van der Waals surface area contributed by atoms with Crippen molar-refractivity contribution in [1.29, 1.82) is 0 Å². The molecule has 2 aliphatic heterocycles. The van der Waals surface area contributed by atoms with Gasteiger partial charge in [-0.3, -0.25) is 9.59 Å². The number of esters is 1. The quantitative estimate of drug-likeness (QED) is 0.333. The van der Waals surface area contributed by atoms with Gasteiger partial charge in [-0.05, 0) is 23.3 Å². The third kappa shape index (κ3) is 5.24. The van der Waals surface area contributed by atoms with E-state index in [1.807, 2.05) is 66.7 Å². The Labute approximate surface area is 224 Å². The second-order valence-electron chi connectivity index (χ2n) is 8.68. The maximum atomic E-state index is 13.6. The van der Waals surface area contributed by atoms with Gasteiger partial charge in [0.05, 0.1) is 7.11 Å². The van der Waals surface area contributed by atoms with E-state index in [2.05, 4.69) is 5.32 Å². The first-order valence-corrected chi connectivity index (χ1v) is 13.0. The molecule has 3 aromatic rings. The molecule has 8 nitrogen and oxygen atoms in total. The number of fused-ring (bicyclic) bond motifs is 1. The molecule has 3 atom stereocenters. The number of methoxy groups -OCH3 is 1. The molecular weight excluding hydrogens is 504 g/mol. The number of amides is 2. The molecule has 3 aromatic carbocycles. The van der Waals surface area contributed by atoms with Gasteiger partial charge in [0.2, 0.25) is 5.91 Å². The number of carbonyl (C=O) groups is 3. The molecule has 1 N–H and O–H groups in total. The predicted molar refractivity (Wildman–Crippen MR) is 142 cm³/mol. The zero-order chi connectivity index (χ0) is 26.5. The highest BCUT2D eigenvalue weighted by atomic mass is 32.2. The Morgan fingerprint density at radius 1 is 0.921 bits per heavy atom. The van der Waals surface area contributed by atoms with E-state index in [1.165, 1.54) is 23.8 Å². The molecule has 2 amide bonds. The number of thioether (sulfide) groups is 1. The van der Waals surface area contributed by atoms with Crippen molar-refractivity contribution < 1.29 is 28.6 Å². The Kier molecular flexibility index (Phi) is 7.65. The highest BCUT2D eigenvalue weighted by molar-refractivity contribution is 8.02. The Bertz CT molecular complexity index is 1280. The first-order chi connectivity index (χ1) is 18.6. The van der Waals surface area contributed by atoms with Crippen molar-refractivity contribution in [3.63, 3.8) is 0 Å². The average Bonchev–Trinajstić information content (AvgIpc) is 2.98. The molecule has 0 aliphatic carbocycles. The number of ether oxygens (including phenoxy) is 3. The number of rotatable bonds is 9. The van der Waals surface area contributed by atoms with Gasteiger partial charge in [-0.25, -0.2) is 4.79 Å². The van der Waals surface area contributed by atoms with E-state index < -0.39 is 41.3 Å². The number of hydrogen-bond donors (Lipinski definition) is 1. The van der Waals surface area contributed by atoms with Crippen LogP contribution in [0.2, 0.25) is 0 Å². The normalized spacial score (nSPS) is 20.1. The fraction of sp³-hybridized carbons (Fsp3) is 0.207. The Balaban J connectivity index is 1.30. The fourth-order valence-electron chi connectivity index (χ4n) is 4.41. The van der Waals surface area contributed by atoms with Crippen LogP contribution in [0.15, 0.2) is 102 Å². The molecule has 0 radical (unpaired) electrons. The van der Waals surface area contributed by atoms with Gasteiger partial charge in [-0.15, -0.1) is 11.8 Å². The van der Waals surface area contributed by atoms with Crippen molar-refractivity contribution in [2.75, 3.05) is 13.7 Å². The van der Waals surface area contributed by atoms with E-state index >= 15 is 0 Å². The first kappa shape index (κ1) is 25.4. The van der Waals surface area contributed by atoms with Crippen molar-refractivity contribution in [1.82, 2.24) is 10.2 Å². The van der Waals surface area contributed by atoms with Crippen LogP contribution in [0, 0.1) is 0 Å². The SMILES string of the molecule is COC1=CS[C@@H]2[C@H](NC(=O)COc3ccccc3)C(=O)N2C1C(=O)OC(c1ccccc1)c1ccccc1. The third-order valence-corrected chi connectivity index (χ3v) is 7.42. The lowest BCUT2D eigenvalue weighted by molar-refractivity contribution is -0.167. The monoisotopic (exact) mass is 530 g/mol. The minimum Gasteiger partial charge on any atom is -0.498 e. The van der Waals surface area contributed by atoms with Crippen LogP contribution in [-0.2, 0) is 23.9 Å². The zero-order valence-electron chi connectivity index (χ0n) is 20.6. The van der Waals surface area contributed by atoms with Gasteiger partial charge < -0.3 is 24.4 Å². The van der Waals surface area contributed by atoms with Gasteiger partial charge in [0.1, 0.15) is 22.9 Å². The fourth-order valence-corrected chi connectivity index (χ4v) is 5.61. The summed E-state index contributed by atoms with van der Waals surface area (Å²) in [5, 5.41) is 3.94. The second kappa shape index (κ2) is 11.4. The van der Waals surface area contributed by atoms with E-state index in [-0.39, 0.29) is 6.61 Å². The van der Waals surface area contributed by atoms with Crippen molar-refractivity contribution in [3.05, 3.63) is 113 Å². The molecule has 0 aromatic heterocycles. The second-order valence-corrected chi connectivity index (χ2v) is 9.68. The van der Waals surface area contributed by atoms with E-state index in [4.69, 9.17) is 14.2 Å². The summed E-state index contributed by atoms with van der Waals surface area (Å²) in [6.45, 7) is -0.231. The van der Waals surface area contributed by atoms with Crippen LogP contribution in [0.5, 0.6) is 5.75 Å². The summed E-state index contributed by atoms with van der Waals surface area (Å²) < 4.78 is 17.0. The van der Waals surface area contributed by atoms with Crippen LogP contribution >= 0.6 is 11.8 Å². The number of hydrogen-bond acceptors (Lipinski definition) is 7. The maximum absolute atomic E-state index is 13.6. The van der Waals surface area contributed by atoms with Gasteiger partial charge in [0.15, 0.2) is 18.8 Å². The van der Waals surface area contributed by atoms with Gasteiger partial charge in [-0.1, -0.05) is 78.9 Å². The Hall–Kier alpha value is -4.24. The third-order valence-electron chi connectivity index (χ3n) is 6.28. The van der Waals surface area contributed by atoms with E-state index in [0.717, 1.165) is 11.1 Å². The summed E-state index contributed by atoms with van der Waals surface area (Å²) in [6, 6.07) is 25.9. The smallest absolute Gasteiger partial charge is 0.337 e. The molecule has 1 saturated heterocycles. The highest BCUT2D eigenvalue weighted by Gasteiger charge is 2.57. The van der Waals surface area contributed by atoms with Gasteiger partial charge in [0.25, 0.3) is 5.91 Å². The molecule has 5 rings (SSSR count). The van der Waals surface area contributed by atoms with Crippen molar-refractivity contribution in [2.24, 2.45) is 0 Å². The minimum absolute atomic E-state index is 0.231. The van der Waals surface area contributed by atoms with Crippen molar-refractivity contribution >= 4 is 29.5 Å². The topological polar surface area (TPSA) is 94.2 Å². The van der Waals surface area contributed by atoms with Crippen LogP contribution in [0.4, 0.5) is 0 Å². The summed E-state index contributed by atoms with van der Waals surface area (Å²) in [5.74, 6) is -0.580. The first-order valence-electron chi connectivity index (χ1n) is 12.1. The number of nitrogens with one attached hydrogen (secondary N) is 1. The highest BCUT2D eigenvalue weighted by Crippen LogP contribution is 2.41. The van der Waals surface area contributed by atoms with Crippen LogP contribution in [0.25, 0.3) is 0 Å². The van der Waals surface area contributed by atoms with Crippen molar-refractivity contribution in [3.8, 4) is 5.75 Å². The summed E-state index contributed by atoms with van der Waals surface area (Å²) >= 11 is 1.30. The summed E-state index contributed by atoms with van der Waals surface area (Å²) in [7, 11) is 1.45. The molecule has 38 heavy (non-hydrogen) atoms. The zero-order valence-corrected chi connectivity index (χ0v) is 21.4. The predicted octanol–water partition coefficient (Wildman–Crippen LogP) is 3.65. The van der Waals surface area contributed by atoms with Crippen molar-refractivity contribution in [2.45, 2.75) is 23.6 Å². The molecular formula is C29H26N2O6S. The molecule has 0 spiro atoms. The van der Waals surface area contributed by atoms with Crippen LogP contribution in [0.3, 0.4) is 0 Å². The molecule has 2 aliphatic rings. The summed E-state index contributed by atoms with van der Waals surface area (Å²) in [5.41, 5.74) is 1.60. The molecule has 1 unspecified atom stereocenters. The van der Waals surface area contributed by atoms with Gasteiger partial charge in [-0.2, -0.15) is 0 Å². The minimum atomic E-state index is -1.07. The lowest BCUT2D eigenvalue weighted by Crippen LogP contribution is -2.74. The molecule has 9 heteroatoms. The molecule has 0 saturated carbocycles. The van der Waals surface area contributed by atoms with E-state index in [1.54, 1.807) is 29.7 Å². The number of carbonyl (C=O) groups excluding carboxylic acids is 3. The summed E-state index contributed by atoms with van der Waals surface area (Å²) in [4.78, 5) is 40.7. The Morgan fingerprint density at radius 3 is 2.08 bits per heavy atom. The van der Waals surface area contributed by atoms with Crippen LogP contribution in [0.1, 0.15) is 17.2 Å². The standard InChI is InChI=1S/C29H26N2O6S/c1-35-22-18-38-28-24(30-23(32)17-36-21-15-9-4-10-16-21)27(33)31(28)25(22)29(34)37-26(19-11-5-2-6-12-19)20-13-7-3-8-14-20/h2-16,18,24-26,28H,17H2,1H3,(H,30,32)/t24-,25?,28-/m1/s1. The number of para-hydroxylation sites is 1. The van der Waals surface area contributed by atoms with E-state index in [9.17, 15) is 14.4 Å². The molecule has 194 valence electrons. The maximum Gasteiger partial charge on any atom is 0.337 e. The number of β-lactam (4-membered cyclic amide) rings is 1. The molecule has 0 bridgehead atoms. The number of nitrogens with zero attached hydrogens (tertiary/aromatic N) is 1.